The maximum Gasteiger partial charge on any atom is 0.327 e. The van der Waals surface area contributed by atoms with Crippen molar-refractivity contribution in [2.24, 2.45) is 10.9 Å². The lowest BCUT2D eigenvalue weighted by molar-refractivity contribution is 0.112. The molecule has 0 heterocycles. The maximum absolute atomic E-state index is 12.8. The molecule has 0 unspecified atom stereocenters. The number of nitrogens with one attached hydrogen (secondary N) is 1. The quantitative estimate of drug-likeness (QED) is 0.232. The van der Waals surface area contributed by atoms with E-state index >= 15 is 0 Å². The molecule has 0 saturated carbocycles. The molecule has 7 heteroatoms. The molecule has 0 bridgehead atoms. The number of unbranched alkanes of at least 4 members (excludes halogenated alkanes) is 1. The zero-order valence-electron chi connectivity index (χ0n) is 15.8. The molecular weight excluding hydrogens is 372 g/mol. The van der Waals surface area contributed by atoms with Gasteiger partial charge in [-0.05, 0) is 35.9 Å². The van der Waals surface area contributed by atoms with Gasteiger partial charge >= 0.3 is 6.03 Å². The summed E-state index contributed by atoms with van der Waals surface area (Å²) in [6, 6.07) is 15.9. The largest absolute Gasteiger partial charge is 0.327 e. The predicted octanol–water partition coefficient (Wildman–Crippen LogP) is 4.77. The Morgan fingerprint density at radius 3 is 2.46 bits per heavy atom. The third-order valence-electron chi connectivity index (χ3n) is 3.93. The van der Waals surface area contributed by atoms with Crippen LogP contribution in [0.4, 0.5) is 10.5 Å². The number of anilines is 1. The van der Waals surface area contributed by atoms with E-state index in [0.717, 1.165) is 24.7 Å². The van der Waals surface area contributed by atoms with Crippen LogP contribution in [0.1, 0.15) is 35.7 Å². The van der Waals surface area contributed by atoms with Crippen LogP contribution in [-0.2, 0) is 0 Å². The van der Waals surface area contributed by atoms with Crippen molar-refractivity contribution in [1.29, 1.82) is 0 Å². The number of nitrogens with zero attached hydrogens (tertiary/aromatic N) is 2. The van der Waals surface area contributed by atoms with Gasteiger partial charge < -0.3 is 11.2 Å². The number of para-hydroxylation sites is 1. The summed E-state index contributed by atoms with van der Waals surface area (Å²) < 4.78 is 0. The summed E-state index contributed by atoms with van der Waals surface area (Å²) in [5.41, 5.74) is 2.11. The Balaban J connectivity index is 2.15. The first kappa shape index (κ1) is 21.2. The summed E-state index contributed by atoms with van der Waals surface area (Å²) >= 11 is 1.22. The van der Waals surface area contributed by atoms with Crippen LogP contribution < -0.4 is 11.2 Å². The summed E-state index contributed by atoms with van der Waals surface area (Å²) in [5.74, 6) is 5.61. The Labute approximate surface area is 169 Å². The molecule has 28 heavy (non-hydrogen) atoms. The van der Waals surface area contributed by atoms with Gasteiger partial charge in [-0.1, -0.05) is 62.4 Å². The Morgan fingerprint density at radius 1 is 1.21 bits per heavy atom. The number of hydrazone groups is 1. The van der Waals surface area contributed by atoms with Gasteiger partial charge in [0.05, 0.1) is 0 Å². The monoisotopic (exact) mass is 396 g/mol. The zero-order valence-corrected chi connectivity index (χ0v) is 16.6. The highest BCUT2D eigenvalue weighted by Crippen LogP contribution is 2.28. The molecule has 2 aromatic rings. The first-order valence-electron chi connectivity index (χ1n) is 8.92. The highest BCUT2D eigenvalue weighted by Gasteiger charge is 2.21. The molecule has 3 N–H and O–H groups in total. The Hall–Kier alpha value is -3.06. The normalized spacial score (nSPS) is 11.0. The van der Waals surface area contributed by atoms with Crippen LogP contribution in [0.15, 0.2) is 66.3 Å². The van der Waals surface area contributed by atoms with E-state index in [9.17, 15) is 9.59 Å². The van der Waals surface area contributed by atoms with Gasteiger partial charge in [-0.2, -0.15) is 5.10 Å². The van der Waals surface area contributed by atoms with E-state index in [0.29, 0.717) is 27.9 Å². The van der Waals surface area contributed by atoms with E-state index in [1.807, 2.05) is 37.3 Å². The number of thioether (sulfide) groups is 1. The molecule has 0 aliphatic carbocycles. The maximum atomic E-state index is 12.8. The second-order valence-corrected chi connectivity index (χ2v) is 7.04. The van der Waals surface area contributed by atoms with Gasteiger partial charge in [0.1, 0.15) is 6.29 Å². The number of nitrogens with two attached hydrogens (primary N) is 1. The second kappa shape index (κ2) is 10.9. The van der Waals surface area contributed by atoms with Crippen LogP contribution >= 0.6 is 11.8 Å². The summed E-state index contributed by atoms with van der Waals surface area (Å²) in [5, 5.41) is 7.05. The third kappa shape index (κ3) is 5.99. The van der Waals surface area contributed by atoms with Crippen molar-refractivity contribution in [1.82, 2.24) is 4.90 Å². The van der Waals surface area contributed by atoms with Gasteiger partial charge in [0.25, 0.3) is 0 Å². The minimum Gasteiger partial charge on any atom is -0.321 e. The van der Waals surface area contributed by atoms with Gasteiger partial charge in [0.15, 0.2) is 5.17 Å². The van der Waals surface area contributed by atoms with Crippen molar-refractivity contribution in [3.8, 4) is 0 Å². The van der Waals surface area contributed by atoms with Crippen molar-refractivity contribution in [2.45, 2.75) is 19.8 Å². The molecule has 0 aliphatic heterocycles. The average molecular weight is 397 g/mol. The van der Waals surface area contributed by atoms with Crippen molar-refractivity contribution in [3.05, 3.63) is 72.3 Å². The Morgan fingerprint density at radius 2 is 1.89 bits per heavy atom. The summed E-state index contributed by atoms with van der Waals surface area (Å²) in [4.78, 5) is 25.8. The van der Waals surface area contributed by atoms with Gasteiger partial charge in [-0.25, -0.2) is 4.79 Å². The lowest BCUT2D eigenvalue weighted by Gasteiger charge is -2.24. The van der Waals surface area contributed by atoms with Crippen molar-refractivity contribution in [2.75, 3.05) is 11.9 Å². The highest BCUT2D eigenvalue weighted by atomic mass is 32.2. The molecule has 0 aromatic heterocycles. The minimum atomic E-state index is -0.305. The molecule has 146 valence electrons. The molecule has 2 aromatic carbocycles. The van der Waals surface area contributed by atoms with Crippen LogP contribution in [0.2, 0.25) is 0 Å². The number of hydrogen-bond donors (Lipinski definition) is 2. The van der Waals surface area contributed by atoms with E-state index in [-0.39, 0.29) is 6.03 Å². The van der Waals surface area contributed by atoms with E-state index in [1.165, 1.54) is 16.7 Å². The first-order valence-corrected chi connectivity index (χ1v) is 9.74. The van der Waals surface area contributed by atoms with Crippen molar-refractivity contribution in [3.63, 3.8) is 0 Å². The highest BCUT2D eigenvalue weighted by molar-refractivity contribution is 8.21. The number of amides is 2. The fraction of sp³-hybridized carbons (Fsp3) is 0.190. The number of amidine groups is 1. The van der Waals surface area contributed by atoms with Crippen LogP contribution in [-0.4, -0.2) is 28.9 Å². The van der Waals surface area contributed by atoms with Crippen LogP contribution in [0.5, 0.6) is 0 Å². The zero-order chi connectivity index (χ0) is 20.4. The summed E-state index contributed by atoms with van der Waals surface area (Å²) in [6.07, 6.45) is 2.51. The molecule has 0 radical (unpaired) electrons. The molecule has 0 aliphatic rings. The number of carbonyl (C=O) groups excluding carboxylic acids is 2. The van der Waals surface area contributed by atoms with Crippen LogP contribution in [0.25, 0.3) is 4.91 Å². The van der Waals surface area contributed by atoms with E-state index < -0.39 is 0 Å². The van der Waals surface area contributed by atoms with Gasteiger partial charge in [-0.3, -0.25) is 9.69 Å². The number of carbonyl (C=O) groups is 2. The number of hydrogen-bond acceptors (Lipinski definition) is 5. The molecule has 0 saturated heterocycles. The number of aldehydes is 1. The third-order valence-corrected chi connectivity index (χ3v) is 4.92. The van der Waals surface area contributed by atoms with Crippen molar-refractivity contribution >= 4 is 39.8 Å². The standard InChI is InChI=1S/C21H24N4O2S/c1-3-4-14-25(20(27)23-19-8-6-5-7-9-19)21(24-22)28-16(2)18-12-10-17(15-26)11-13-18/h5-13,15H,2-4,14,22H2,1H3,(H,23,27)/b24-21-. The first-order chi connectivity index (χ1) is 13.6. The molecule has 0 atom stereocenters. The summed E-state index contributed by atoms with van der Waals surface area (Å²) in [7, 11) is 0. The molecular formula is C21H24N4O2S. The van der Waals surface area contributed by atoms with Crippen molar-refractivity contribution < 1.29 is 9.59 Å². The number of urea groups is 1. The van der Waals surface area contributed by atoms with E-state index in [4.69, 9.17) is 5.84 Å². The Kier molecular flexibility index (Phi) is 8.30. The van der Waals surface area contributed by atoms with Crippen LogP contribution in [0, 0.1) is 0 Å². The van der Waals surface area contributed by atoms with Gasteiger partial charge in [0.2, 0.25) is 0 Å². The van der Waals surface area contributed by atoms with Crippen LogP contribution in [0.3, 0.4) is 0 Å². The van der Waals surface area contributed by atoms with Gasteiger partial charge in [0, 0.05) is 22.7 Å². The second-order valence-electron chi connectivity index (χ2n) is 5.98. The predicted molar refractivity (Wildman–Crippen MR) is 117 cm³/mol. The lowest BCUT2D eigenvalue weighted by Crippen LogP contribution is -2.39. The summed E-state index contributed by atoms with van der Waals surface area (Å²) in [6.45, 7) is 6.58. The van der Waals surface area contributed by atoms with Gasteiger partial charge in [-0.15, -0.1) is 0 Å². The molecule has 0 spiro atoms. The molecule has 2 amide bonds. The van der Waals surface area contributed by atoms with E-state index in [2.05, 4.69) is 17.0 Å². The topological polar surface area (TPSA) is 87.8 Å². The Bertz CT molecular complexity index is 835. The molecule has 0 fully saturated rings. The molecule has 2 rings (SSSR count). The SMILES string of the molecule is C=C(S/C(=N\N)N(CCCC)C(=O)Nc1ccccc1)c1ccc(C=O)cc1. The van der Waals surface area contributed by atoms with E-state index in [1.54, 1.807) is 24.3 Å². The molecule has 6 nitrogen and oxygen atoms in total. The number of rotatable bonds is 7. The fourth-order valence-corrected chi connectivity index (χ4v) is 3.19. The fourth-order valence-electron chi connectivity index (χ4n) is 2.38. The minimum absolute atomic E-state index is 0.305. The lowest BCUT2D eigenvalue weighted by atomic mass is 10.1. The smallest absolute Gasteiger partial charge is 0.321 e. The average Bonchev–Trinajstić information content (AvgIpc) is 2.73. The number of benzene rings is 2.